The molecule has 0 saturated heterocycles. The van der Waals surface area contributed by atoms with Crippen molar-refractivity contribution < 1.29 is 48.6 Å². The third-order valence-electron chi connectivity index (χ3n) is 3.52. The van der Waals surface area contributed by atoms with Gasteiger partial charge in [-0.05, 0) is 0 Å². The van der Waals surface area contributed by atoms with Gasteiger partial charge in [0.15, 0.2) is 0 Å². The fraction of sp³-hybridized carbons (Fsp3) is 0.857. The minimum absolute atomic E-state index is 0.103. The summed E-state index contributed by atoms with van der Waals surface area (Å²) in [4.78, 5) is 45.2. The van der Waals surface area contributed by atoms with E-state index in [-0.39, 0.29) is 47.2 Å². The van der Waals surface area contributed by atoms with Gasteiger partial charge in [0.25, 0.3) is 0 Å². The highest BCUT2D eigenvalue weighted by Crippen LogP contribution is 2.16. The molecule has 242 valence electrons. The maximum absolute atomic E-state index is 11.7. The number of thioether (sulfide) groups is 10. The molecular weight excluding hydrogens is 733 g/mol. The van der Waals surface area contributed by atoms with Gasteiger partial charge in [-0.2, -0.15) is 0 Å². The lowest BCUT2D eigenvalue weighted by atomic mass is 10.8. The van der Waals surface area contributed by atoms with Gasteiger partial charge in [-0.25, -0.2) is 9.78 Å². The summed E-state index contributed by atoms with van der Waals surface area (Å²) < 4.78 is 15.4. The van der Waals surface area contributed by atoms with Gasteiger partial charge in [0.05, 0.1) is 35.7 Å². The number of aliphatic hydroxyl groups is 2. The van der Waals surface area contributed by atoms with Crippen LogP contribution in [0, 0.1) is 0 Å². The van der Waals surface area contributed by atoms with E-state index in [1.54, 1.807) is 11.8 Å². The molecule has 0 bridgehead atoms. The Balaban J connectivity index is 3.28. The molecule has 41 heavy (non-hydrogen) atoms. The Morgan fingerprint density at radius 3 is 1.37 bits per heavy atom. The highest BCUT2D eigenvalue weighted by molar-refractivity contribution is 8.17. The van der Waals surface area contributed by atoms with E-state index in [4.69, 9.17) is 34.2 Å². The summed E-state index contributed by atoms with van der Waals surface area (Å²) in [5.74, 6) is 5.61. The molecule has 0 spiro atoms. The number of aliphatic hydroxyl groups excluding tert-OH is 2. The second-order valence-corrected chi connectivity index (χ2v) is 17.8. The van der Waals surface area contributed by atoms with E-state index in [9.17, 15) is 14.4 Å². The molecule has 0 atom stereocenters. The van der Waals surface area contributed by atoms with E-state index in [1.807, 2.05) is 0 Å². The minimum atomic E-state index is -0.288. The van der Waals surface area contributed by atoms with Crippen LogP contribution in [-0.4, -0.2) is 132 Å². The second kappa shape index (κ2) is 36.2. The molecule has 0 aromatic carbocycles. The molecule has 0 aliphatic carbocycles. The molecule has 0 aromatic heterocycles. The molecule has 0 aromatic rings. The number of carbonyl (C=O) groups excluding carboxylic acids is 3. The Morgan fingerprint density at radius 1 is 0.439 bits per heavy atom. The molecule has 0 rings (SSSR count). The lowest BCUT2D eigenvalue weighted by Gasteiger charge is -2.06. The number of hydrogen-bond donors (Lipinski definition) is 2. The fourth-order valence-corrected chi connectivity index (χ4v) is 9.35. The Morgan fingerprint density at radius 2 is 0.854 bits per heavy atom. The van der Waals surface area contributed by atoms with Crippen LogP contribution in [0.1, 0.15) is 0 Å². The maximum Gasteiger partial charge on any atom is 0.316 e. The SMILES string of the molecule is O=C(CSCSCCOOCSCSCOC(=O)CSCSCC(=O)OCSCCSCO)OCSCCSCO. The molecule has 20 heteroatoms. The normalized spacial score (nSPS) is 11.0. The first kappa shape index (κ1) is 42.8. The predicted octanol–water partition coefficient (Wildman–Crippen LogP) is 4.50. The summed E-state index contributed by atoms with van der Waals surface area (Å²) in [5, 5.41) is 19.4. The Hall–Kier alpha value is 1.75. The molecule has 2 N–H and O–H groups in total. The topological polar surface area (TPSA) is 138 Å². The van der Waals surface area contributed by atoms with Crippen LogP contribution in [0.15, 0.2) is 0 Å². The monoisotopic (exact) mass is 770 g/mol. The molecule has 0 radical (unpaired) electrons. The number of esters is 3. The summed E-state index contributed by atoms with van der Waals surface area (Å²) >= 11 is 14.9. The van der Waals surface area contributed by atoms with Gasteiger partial charge in [-0.15, -0.1) is 118 Å². The van der Waals surface area contributed by atoms with Crippen LogP contribution in [0.2, 0.25) is 0 Å². The number of ether oxygens (including phenoxy) is 3. The third kappa shape index (κ3) is 36.1. The van der Waals surface area contributed by atoms with E-state index in [0.717, 1.165) is 33.8 Å². The zero-order valence-electron chi connectivity index (χ0n) is 22.5. The van der Waals surface area contributed by atoms with Gasteiger partial charge in [0.2, 0.25) is 0 Å². The lowest BCUT2D eigenvalue weighted by Crippen LogP contribution is -2.09. The number of carbonyl (C=O) groups is 3. The minimum Gasteiger partial charge on any atom is -0.454 e. The quantitative estimate of drug-likeness (QED) is 0.0248. The van der Waals surface area contributed by atoms with E-state index in [2.05, 4.69) is 0 Å². The standard InChI is InChI=1S/C21H38O10S10/c22-10-32-3-5-34-12-27-19(24)7-37-16-36-2-1-30-31-15-41-18-40-14-29-21(26)9-39-17-38-8-20(25)28-13-35-6-4-33-11-23/h22-23H,1-18H2. The average Bonchev–Trinajstić information content (AvgIpc) is 2.96. The zero-order chi connectivity index (χ0) is 30.1. The van der Waals surface area contributed by atoms with Crippen LogP contribution in [0.3, 0.4) is 0 Å². The molecule has 0 saturated carbocycles. The van der Waals surface area contributed by atoms with Crippen LogP contribution < -0.4 is 0 Å². The third-order valence-corrected chi connectivity index (χ3v) is 13.3. The molecule has 0 heterocycles. The fourth-order valence-electron chi connectivity index (χ4n) is 1.83. The molecule has 0 amide bonds. The van der Waals surface area contributed by atoms with E-state index >= 15 is 0 Å². The van der Waals surface area contributed by atoms with E-state index in [0.29, 0.717) is 40.3 Å². The van der Waals surface area contributed by atoms with Gasteiger partial charge in [-0.3, -0.25) is 14.4 Å². The van der Waals surface area contributed by atoms with Crippen LogP contribution in [0.25, 0.3) is 0 Å². The van der Waals surface area contributed by atoms with Gasteiger partial charge in [0.1, 0.15) is 23.8 Å². The predicted molar refractivity (Wildman–Crippen MR) is 188 cm³/mol. The summed E-state index contributed by atoms with van der Waals surface area (Å²) in [7, 11) is 0. The average molecular weight is 771 g/mol. The zero-order valence-corrected chi connectivity index (χ0v) is 30.6. The summed E-state index contributed by atoms with van der Waals surface area (Å²) in [6, 6.07) is 0. The highest BCUT2D eigenvalue weighted by Gasteiger charge is 2.07. The van der Waals surface area contributed by atoms with Crippen molar-refractivity contribution in [1.82, 2.24) is 0 Å². The summed E-state index contributed by atoms with van der Waals surface area (Å²) in [5.41, 5.74) is 0. The summed E-state index contributed by atoms with van der Waals surface area (Å²) in [6.45, 7) is 0.450. The van der Waals surface area contributed by atoms with Crippen molar-refractivity contribution >= 4 is 136 Å². The van der Waals surface area contributed by atoms with Crippen LogP contribution in [0.4, 0.5) is 0 Å². The Bertz CT molecular complexity index is 628. The van der Waals surface area contributed by atoms with Gasteiger partial charge in [-0.1, -0.05) is 0 Å². The molecule has 0 aliphatic heterocycles. The van der Waals surface area contributed by atoms with Crippen LogP contribution >= 0.6 is 118 Å². The molecule has 0 unspecified atom stereocenters. The van der Waals surface area contributed by atoms with Crippen molar-refractivity contribution in [3.8, 4) is 0 Å². The Labute approximate surface area is 285 Å². The highest BCUT2D eigenvalue weighted by atomic mass is 32.2. The van der Waals surface area contributed by atoms with E-state index < -0.39 is 0 Å². The first-order chi connectivity index (χ1) is 20.1. The molecule has 10 nitrogen and oxygen atoms in total. The van der Waals surface area contributed by atoms with Crippen LogP contribution in [-0.2, 0) is 38.4 Å². The van der Waals surface area contributed by atoms with E-state index in [1.165, 1.54) is 106 Å². The van der Waals surface area contributed by atoms with Gasteiger partial charge in [0, 0.05) is 44.0 Å². The van der Waals surface area contributed by atoms with Gasteiger partial charge < -0.3 is 24.4 Å². The number of rotatable bonds is 32. The lowest BCUT2D eigenvalue weighted by molar-refractivity contribution is -0.274. The van der Waals surface area contributed by atoms with Crippen molar-refractivity contribution in [3.05, 3.63) is 0 Å². The molecule has 0 aliphatic rings. The van der Waals surface area contributed by atoms with Crippen molar-refractivity contribution in [2.24, 2.45) is 0 Å². The van der Waals surface area contributed by atoms with Crippen molar-refractivity contribution in [2.75, 3.05) is 104 Å². The molecule has 0 fully saturated rings. The first-order valence-electron chi connectivity index (χ1n) is 11.8. The summed E-state index contributed by atoms with van der Waals surface area (Å²) in [6.07, 6.45) is 0. The first-order valence-corrected chi connectivity index (χ1v) is 23.3. The maximum atomic E-state index is 11.7. The van der Waals surface area contributed by atoms with Crippen LogP contribution in [0.5, 0.6) is 0 Å². The van der Waals surface area contributed by atoms with Crippen molar-refractivity contribution in [3.63, 3.8) is 0 Å². The largest absolute Gasteiger partial charge is 0.454 e. The van der Waals surface area contributed by atoms with Crippen molar-refractivity contribution in [2.45, 2.75) is 0 Å². The smallest absolute Gasteiger partial charge is 0.316 e. The van der Waals surface area contributed by atoms with Crippen molar-refractivity contribution in [1.29, 1.82) is 0 Å². The molecular formula is C21H38O10S10. The number of hydrogen-bond acceptors (Lipinski definition) is 20. The Kier molecular flexibility index (Phi) is 37.8. The van der Waals surface area contributed by atoms with Gasteiger partial charge >= 0.3 is 17.9 Å². The second-order valence-electron chi connectivity index (χ2n) is 6.57.